The Labute approximate surface area is 540 Å². The summed E-state index contributed by atoms with van der Waals surface area (Å²) in [5, 5.41) is 26.3. The third-order valence-corrected chi connectivity index (χ3v) is 17.6. The van der Waals surface area contributed by atoms with E-state index in [1.54, 1.807) is 54.5 Å². The fourth-order valence-corrected chi connectivity index (χ4v) is 12.9. The van der Waals surface area contributed by atoms with E-state index >= 15 is 8.78 Å². The van der Waals surface area contributed by atoms with Crippen LogP contribution in [0.3, 0.4) is 0 Å². The number of hydrogen-bond acceptors (Lipinski definition) is 13. The van der Waals surface area contributed by atoms with E-state index in [4.69, 9.17) is 42.7 Å². The molecule has 4 aliphatic rings. The number of carbonyl (C=O) groups excluding carboxylic acids is 5. The molecule has 0 aliphatic carbocycles. The highest BCUT2D eigenvalue weighted by Crippen LogP contribution is 2.53. The summed E-state index contributed by atoms with van der Waals surface area (Å²) in [4.78, 5) is 82.1. The van der Waals surface area contributed by atoms with Gasteiger partial charge >= 0.3 is 0 Å². The summed E-state index contributed by atoms with van der Waals surface area (Å²) in [6, 6.07) is 26.0. The van der Waals surface area contributed by atoms with E-state index in [1.807, 2.05) is 50.8 Å². The molecule has 5 N–H and O–H groups in total. The minimum atomic E-state index is -1.81. The maximum Gasteiger partial charge on any atom is 0.256 e. The number of piperazine rings is 1. The minimum Gasteiger partial charge on any atom is -0.495 e. The average Bonchev–Trinajstić information content (AvgIpc) is 1.59. The van der Waals surface area contributed by atoms with Crippen molar-refractivity contribution in [2.75, 3.05) is 79.2 Å². The highest BCUT2D eigenvalue weighted by atomic mass is 35.5. The summed E-state index contributed by atoms with van der Waals surface area (Å²) in [5.74, 6) is -2.92. The van der Waals surface area contributed by atoms with Crippen LogP contribution in [0.1, 0.15) is 113 Å². The molecule has 0 aromatic heterocycles. The number of anilines is 5. The summed E-state index contributed by atoms with van der Waals surface area (Å²) in [5.41, 5.74) is 1.73. The highest BCUT2D eigenvalue weighted by Gasteiger charge is 2.61. The molecule has 5 atom stereocenters. The lowest BCUT2D eigenvalue weighted by atomic mass is 9.62. The zero-order valence-electron chi connectivity index (χ0n) is 52.1. The molecule has 0 radical (unpaired) electrons. The number of amidine groups is 1. The van der Waals surface area contributed by atoms with E-state index < -0.39 is 46.4 Å². The van der Waals surface area contributed by atoms with Crippen molar-refractivity contribution in [1.29, 1.82) is 5.26 Å². The van der Waals surface area contributed by atoms with Crippen LogP contribution in [-0.2, 0) is 24.6 Å². The Balaban J connectivity index is 0.697. The lowest BCUT2D eigenvalue weighted by Gasteiger charge is -2.37. The van der Waals surface area contributed by atoms with Gasteiger partial charge in [0.2, 0.25) is 23.7 Å². The second-order valence-corrected chi connectivity index (χ2v) is 25.3. The number of hydrogen-bond donors (Lipinski definition) is 5. The monoisotopic (exact) mass is 1280 g/mol. The van der Waals surface area contributed by atoms with Gasteiger partial charge in [-0.2, -0.15) is 10.3 Å². The van der Waals surface area contributed by atoms with Gasteiger partial charge < -0.3 is 45.9 Å². The molecule has 91 heavy (non-hydrogen) atoms. The van der Waals surface area contributed by atoms with E-state index in [-0.39, 0.29) is 62.2 Å². The summed E-state index contributed by atoms with van der Waals surface area (Å²) < 4.78 is 43.8. The number of amides is 5. The van der Waals surface area contributed by atoms with Gasteiger partial charge in [-0.25, -0.2) is 13.8 Å². The molecular weight excluding hydrogens is 1200 g/mol. The number of rotatable bonds is 23. The molecule has 5 unspecified atom stereocenters. The lowest BCUT2D eigenvalue weighted by Crippen LogP contribution is -2.48. The van der Waals surface area contributed by atoms with Crippen LogP contribution in [0.5, 0.6) is 11.5 Å². The number of aliphatic imine (C=N–C) groups is 2. The Morgan fingerprint density at radius 2 is 1.55 bits per heavy atom. The first-order chi connectivity index (χ1) is 43.7. The van der Waals surface area contributed by atoms with Gasteiger partial charge in [0.1, 0.15) is 34.4 Å². The minimum absolute atomic E-state index is 0.0392. The Bertz CT molecular complexity index is 3730. The second kappa shape index (κ2) is 29.5. The van der Waals surface area contributed by atoms with E-state index in [0.29, 0.717) is 92.3 Å². The van der Waals surface area contributed by atoms with Gasteiger partial charge in [-0.05, 0) is 110 Å². The van der Waals surface area contributed by atoms with Crippen molar-refractivity contribution in [2.24, 2.45) is 21.3 Å². The van der Waals surface area contributed by atoms with Crippen LogP contribution in [0.25, 0.3) is 0 Å². The molecule has 2 fully saturated rings. The molecule has 4 aliphatic heterocycles. The van der Waals surface area contributed by atoms with Gasteiger partial charge in [-0.3, -0.25) is 28.9 Å². The topological polar surface area (TPSA) is 222 Å². The number of fused-ring (bicyclic) bond motifs is 1. The number of methoxy groups -OCH3 is 2. The quantitative estimate of drug-likeness (QED) is 0.0306. The average molecular weight is 1280 g/mol. The Morgan fingerprint density at radius 1 is 0.846 bits per heavy atom. The van der Waals surface area contributed by atoms with Crippen LogP contribution in [0, 0.1) is 34.3 Å². The maximum atomic E-state index is 16.2. The first-order valence-corrected chi connectivity index (χ1v) is 31.4. The van der Waals surface area contributed by atoms with Crippen molar-refractivity contribution in [3.63, 3.8) is 0 Å². The zero-order valence-corrected chi connectivity index (χ0v) is 53.6. The number of nitriles is 1. The molecule has 9 rings (SSSR count). The Kier molecular flexibility index (Phi) is 21.7. The molecule has 0 bridgehead atoms. The van der Waals surface area contributed by atoms with Gasteiger partial charge in [0.05, 0.1) is 60.9 Å². The zero-order chi connectivity index (χ0) is 65.1. The number of nitrogens with zero attached hydrogens (tertiary/aromatic N) is 6. The second-order valence-electron chi connectivity index (χ2n) is 24.4. The molecular formula is C69H77Cl2F2N11O7. The standard InChI is InChI=1S/C69H77Cl2F2N11O7/c1-8-58(85)77-45-18-16-19-47(37-45)84-60(87)34-42(2)49-40-76-67(81-64(49)84)79-54-28-25-46(38-56(54)91-7)82-30-32-83(33-31-82)59(86)22-14-12-10-9-11-13-15-29-75-65(88)43-23-27-53(55(35-43)90-6)78-66(89)63-61(48-20-17-21-51(71)62(48)73)69(41-74,57(80-63)39-68(3,4)5)50-26-24-44(70)36-52(50)72/h8,16-21,23-28,34-38,49,57,61,63,80H,1,9-15,22,29-33,39-40H2,2-7H3,(H,75,88)(H,76,79)(H,77,85)(H,78,89). The van der Waals surface area contributed by atoms with E-state index in [1.165, 1.54) is 49.6 Å². The van der Waals surface area contributed by atoms with Crippen LogP contribution in [0.15, 0.2) is 131 Å². The number of unbranched alkanes of at least 4 members (excludes halogenated alkanes) is 6. The van der Waals surface area contributed by atoms with E-state index in [9.17, 15) is 29.2 Å². The maximum absolute atomic E-state index is 16.2. The Hall–Kier alpha value is -8.64. The molecule has 0 spiro atoms. The number of halogens is 4. The predicted molar refractivity (Wildman–Crippen MR) is 354 cm³/mol. The van der Waals surface area contributed by atoms with Crippen LogP contribution in [-0.4, -0.2) is 112 Å². The third kappa shape index (κ3) is 15.4. The molecule has 18 nitrogen and oxygen atoms in total. The van der Waals surface area contributed by atoms with E-state index in [0.717, 1.165) is 62.3 Å². The van der Waals surface area contributed by atoms with Crippen LogP contribution >= 0.6 is 23.2 Å². The van der Waals surface area contributed by atoms with Crippen molar-refractivity contribution in [2.45, 2.75) is 109 Å². The molecule has 4 heterocycles. The summed E-state index contributed by atoms with van der Waals surface area (Å²) in [6.07, 6.45) is 9.99. The Morgan fingerprint density at radius 3 is 2.25 bits per heavy atom. The van der Waals surface area contributed by atoms with Gasteiger partial charge in [-0.1, -0.05) is 112 Å². The number of guanidine groups is 1. The first-order valence-electron chi connectivity index (χ1n) is 30.7. The lowest BCUT2D eigenvalue weighted by molar-refractivity contribution is -0.131. The molecule has 2 saturated heterocycles. The third-order valence-electron chi connectivity index (χ3n) is 17.1. The van der Waals surface area contributed by atoms with Crippen molar-refractivity contribution in [3.8, 4) is 17.6 Å². The number of ether oxygens (including phenoxy) is 2. The molecule has 0 saturated carbocycles. The summed E-state index contributed by atoms with van der Waals surface area (Å²) in [6.45, 7) is 14.6. The molecule has 5 aromatic carbocycles. The van der Waals surface area contributed by atoms with Gasteiger partial charge in [0.25, 0.3) is 11.8 Å². The highest BCUT2D eigenvalue weighted by molar-refractivity contribution is 6.31. The van der Waals surface area contributed by atoms with Crippen molar-refractivity contribution in [1.82, 2.24) is 15.5 Å². The first kappa shape index (κ1) is 66.8. The fourth-order valence-electron chi connectivity index (χ4n) is 12.5. The van der Waals surface area contributed by atoms with Gasteiger partial charge in [0, 0.05) is 90.8 Å². The normalized spacial score (nSPS) is 19.7. The largest absolute Gasteiger partial charge is 0.495 e. The summed E-state index contributed by atoms with van der Waals surface area (Å²) >= 11 is 12.5. The van der Waals surface area contributed by atoms with Gasteiger partial charge in [0.15, 0.2) is 0 Å². The fraction of sp³-hybridized carbons (Fsp3) is 0.391. The molecule has 5 aromatic rings. The van der Waals surface area contributed by atoms with E-state index in [2.05, 4.69) is 44.1 Å². The van der Waals surface area contributed by atoms with Crippen molar-refractivity contribution >= 4 is 93.0 Å². The SMILES string of the molecule is C=CC(=O)Nc1cccc(N2C(=O)C=C(C)C3CN=C(Nc4ccc(N5CCN(C(=O)CCCCCCCCCNC(=O)c6ccc(NC(=O)C7NC(CC(C)(C)C)C(C#N)(c8ccc(Cl)cc8F)C7c7cccc(Cl)c7F)c(OC)c6)CC5)cc4OC)N=C32)c1. The molecule has 22 heteroatoms. The smallest absolute Gasteiger partial charge is 0.256 e. The van der Waals surface area contributed by atoms with Crippen molar-refractivity contribution in [3.05, 3.63) is 160 Å². The number of benzene rings is 5. The predicted octanol–water partition coefficient (Wildman–Crippen LogP) is 12.4. The van der Waals surface area contributed by atoms with Crippen LogP contribution < -0.4 is 45.9 Å². The van der Waals surface area contributed by atoms with Crippen LogP contribution in [0.4, 0.5) is 37.2 Å². The molecule has 5 amide bonds. The number of carbonyl (C=O) groups is 5. The molecule has 478 valence electrons. The number of nitrogens with one attached hydrogen (secondary N) is 5. The van der Waals surface area contributed by atoms with Crippen molar-refractivity contribution < 1.29 is 42.2 Å². The van der Waals surface area contributed by atoms with Gasteiger partial charge in [-0.15, -0.1) is 0 Å². The summed E-state index contributed by atoms with van der Waals surface area (Å²) in [7, 11) is 3.00. The van der Waals surface area contributed by atoms with Crippen LogP contribution in [0.2, 0.25) is 10.0 Å².